The predicted octanol–water partition coefficient (Wildman–Crippen LogP) is 5.10. The number of hydrogen-bond acceptors (Lipinski definition) is 3. The van der Waals surface area contributed by atoms with E-state index < -0.39 is 0 Å². The fourth-order valence-corrected chi connectivity index (χ4v) is 4.24. The Labute approximate surface area is 163 Å². The second-order valence-electron chi connectivity index (χ2n) is 7.34. The number of aromatic nitrogens is 3. The summed E-state index contributed by atoms with van der Waals surface area (Å²) in [6.45, 7) is 1.87. The van der Waals surface area contributed by atoms with E-state index in [0.29, 0.717) is 5.56 Å². The molecule has 0 radical (unpaired) electrons. The van der Waals surface area contributed by atoms with E-state index in [1.807, 2.05) is 24.4 Å². The van der Waals surface area contributed by atoms with Gasteiger partial charge < -0.3 is 0 Å². The van der Waals surface area contributed by atoms with Crippen molar-refractivity contribution in [3.8, 4) is 11.1 Å². The number of nitrogens with zero attached hydrogens (tertiary/aromatic N) is 3. The van der Waals surface area contributed by atoms with E-state index in [4.69, 9.17) is 0 Å². The highest BCUT2D eigenvalue weighted by molar-refractivity contribution is 5.78. The van der Waals surface area contributed by atoms with Crippen LogP contribution in [0.1, 0.15) is 30.1 Å². The van der Waals surface area contributed by atoms with Crippen LogP contribution >= 0.6 is 0 Å². The van der Waals surface area contributed by atoms with Crippen LogP contribution < -0.4 is 0 Å². The largest absolute Gasteiger partial charge is 0.291 e. The SMILES string of the molecule is Fc1ccccc1-c1cn[nH]c1C1CCCN1Cc1ccc2ncccc2c1. The van der Waals surface area contributed by atoms with E-state index in [1.54, 1.807) is 12.3 Å². The van der Waals surface area contributed by atoms with Gasteiger partial charge in [-0.3, -0.25) is 15.0 Å². The third-order valence-electron chi connectivity index (χ3n) is 5.58. The van der Waals surface area contributed by atoms with Gasteiger partial charge in [-0.2, -0.15) is 5.10 Å². The number of hydrogen-bond donors (Lipinski definition) is 1. The predicted molar refractivity (Wildman–Crippen MR) is 108 cm³/mol. The molecule has 5 heteroatoms. The van der Waals surface area contributed by atoms with Crippen LogP contribution in [0.5, 0.6) is 0 Å². The lowest BCUT2D eigenvalue weighted by atomic mass is 10.00. The first-order chi connectivity index (χ1) is 13.8. The van der Waals surface area contributed by atoms with Crippen molar-refractivity contribution >= 4 is 10.9 Å². The van der Waals surface area contributed by atoms with Gasteiger partial charge in [-0.05, 0) is 49.2 Å². The molecular weight excluding hydrogens is 351 g/mol. The van der Waals surface area contributed by atoms with Gasteiger partial charge in [0, 0.05) is 29.3 Å². The Hall–Kier alpha value is -3.05. The van der Waals surface area contributed by atoms with Crippen LogP contribution in [0, 0.1) is 5.82 Å². The number of benzene rings is 2. The average molecular weight is 372 g/mol. The number of rotatable bonds is 4. The Morgan fingerprint density at radius 3 is 2.93 bits per heavy atom. The summed E-state index contributed by atoms with van der Waals surface area (Å²) < 4.78 is 14.4. The van der Waals surface area contributed by atoms with E-state index in [2.05, 4.69) is 44.3 Å². The molecule has 0 aliphatic carbocycles. The Morgan fingerprint density at radius 2 is 2.00 bits per heavy atom. The Kier molecular flexibility index (Phi) is 4.37. The van der Waals surface area contributed by atoms with Crippen molar-refractivity contribution in [2.75, 3.05) is 6.54 Å². The minimum atomic E-state index is -0.211. The molecule has 0 spiro atoms. The van der Waals surface area contributed by atoms with Crippen molar-refractivity contribution in [2.45, 2.75) is 25.4 Å². The molecule has 1 N–H and O–H groups in total. The molecule has 1 aliphatic rings. The zero-order chi connectivity index (χ0) is 18.9. The maximum atomic E-state index is 14.4. The van der Waals surface area contributed by atoms with Gasteiger partial charge in [0.05, 0.1) is 23.4 Å². The maximum absolute atomic E-state index is 14.4. The van der Waals surface area contributed by atoms with Crippen LogP contribution in [0.15, 0.2) is 67.0 Å². The number of likely N-dealkylation sites (tertiary alicyclic amines) is 1. The first-order valence-electron chi connectivity index (χ1n) is 9.65. The molecule has 1 aliphatic heterocycles. The molecule has 0 amide bonds. The molecule has 140 valence electrons. The summed E-state index contributed by atoms with van der Waals surface area (Å²) >= 11 is 0. The fraction of sp³-hybridized carbons (Fsp3) is 0.217. The summed E-state index contributed by atoms with van der Waals surface area (Å²) in [6.07, 6.45) is 5.72. The fourth-order valence-electron chi connectivity index (χ4n) is 4.24. The molecular formula is C23H21FN4. The van der Waals surface area contributed by atoms with Gasteiger partial charge in [0.25, 0.3) is 0 Å². The molecule has 28 heavy (non-hydrogen) atoms. The average Bonchev–Trinajstić information content (AvgIpc) is 3.37. The number of fused-ring (bicyclic) bond motifs is 1. The minimum Gasteiger partial charge on any atom is -0.291 e. The van der Waals surface area contributed by atoms with Crippen LogP contribution in [-0.2, 0) is 6.54 Å². The molecule has 1 saturated heterocycles. The lowest BCUT2D eigenvalue weighted by Gasteiger charge is -2.25. The number of halogens is 1. The summed E-state index contributed by atoms with van der Waals surface area (Å²) in [5.74, 6) is -0.211. The second-order valence-corrected chi connectivity index (χ2v) is 7.34. The van der Waals surface area contributed by atoms with Crippen LogP contribution in [0.3, 0.4) is 0 Å². The standard InChI is InChI=1S/C23H21FN4/c24-20-7-2-1-6-18(20)19-14-26-27-23(19)22-8-4-12-28(22)15-16-9-10-21-17(13-16)5-3-11-25-21/h1-3,5-7,9-11,13-14,22H,4,8,12,15H2,(H,26,27). The third-order valence-corrected chi connectivity index (χ3v) is 5.58. The molecule has 2 aromatic carbocycles. The summed E-state index contributed by atoms with van der Waals surface area (Å²) in [7, 11) is 0. The molecule has 5 rings (SSSR count). The molecule has 3 heterocycles. The van der Waals surface area contributed by atoms with E-state index >= 15 is 0 Å². The van der Waals surface area contributed by atoms with Gasteiger partial charge in [-0.15, -0.1) is 0 Å². The molecule has 0 saturated carbocycles. The van der Waals surface area contributed by atoms with Crippen molar-refractivity contribution in [2.24, 2.45) is 0 Å². The van der Waals surface area contributed by atoms with Crippen molar-refractivity contribution in [1.29, 1.82) is 0 Å². The van der Waals surface area contributed by atoms with E-state index in [9.17, 15) is 4.39 Å². The lowest BCUT2D eigenvalue weighted by Crippen LogP contribution is -2.23. The van der Waals surface area contributed by atoms with E-state index in [1.165, 1.54) is 11.6 Å². The molecule has 4 nitrogen and oxygen atoms in total. The van der Waals surface area contributed by atoms with Crippen LogP contribution in [0.25, 0.3) is 22.0 Å². The summed E-state index contributed by atoms with van der Waals surface area (Å²) in [6, 6.07) is 17.6. The van der Waals surface area contributed by atoms with E-state index in [0.717, 1.165) is 48.1 Å². The number of aromatic amines is 1. The number of H-pyrrole nitrogens is 1. The summed E-state index contributed by atoms with van der Waals surface area (Å²) in [5, 5.41) is 8.55. The highest BCUT2D eigenvalue weighted by Gasteiger charge is 2.30. The van der Waals surface area contributed by atoms with Crippen molar-refractivity contribution in [3.63, 3.8) is 0 Å². The van der Waals surface area contributed by atoms with Crippen molar-refractivity contribution in [1.82, 2.24) is 20.1 Å². The third kappa shape index (κ3) is 3.08. The lowest BCUT2D eigenvalue weighted by molar-refractivity contribution is 0.245. The van der Waals surface area contributed by atoms with Gasteiger partial charge in [-0.1, -0.05) is 30.3 Å². The molecule has 1 unspecified atom stereocenters. The Balaban J connectivity index is 1.45. The van der Waals surface area contributed by atoms with Gasteiger partial charge >= 0.3 is 0 Å². The zero-order valence-electron chi connectivity index (χ0n) is 15.5. The highest BCUT2D eigenvalue weighted by atomic mass is 19.1. The topological polar surface area (TPSA) is 44.8 Å². The van der Waals surface area contributed by atoms with Gasteiger partial charge in [-0.25, -0.2) is 4.39 Å². The van der Waals surface area contributed by atoms with Crippen molar-refractivity contribution < 1.29 is 4.39 Å². The van der Waals surface area contributed by atoms with E-state index in [-0.39, 0.29) is 11.9 Å². The molecule has 0 bridgehead atoms. The zero-order valence-corrected chi connectivity index (χ0v) is 15.5. The van der Waals surface area contributed by atoms with Crippen LogP contribution in [-0.4, -0.2) is 26.6 Å². The molecule has 4 aromatic rings. The smallest absolute Gasteiger partial charge is 0.131 e. The van der Waals surface area contributed by atoms with Crippen LogP contribution in [0.4, 0.5) is 4.39 Å². The minimum absolute atomic E-state index is 0.210. The number of pyridine rings is 1. The first kappa shape index (κ1) is 17.1. The van der Waals surface area contributed by atoms with Gasteiger partial charge in [0.2, 0.25) is 0 Å². The van der Waals surface area contributed by atoms with Crippen LogP contribution in [0.2, 0.25) is 0 Å². The normalized spacial score (nSPS) is 17.4. The van der Waals surface area contributed by atoms with Gasteiger partial charge in [0.1, 0.15) is 5.82 Å². The maximum Gasteiger partial charge on any atom is 0.131 e. The van der Waals surface area contributed by atoms with Gasteiger partial charge in [0.15, 0.2) is 0 Å². The Morgan fingerprint density at radius 1 is 1.07 bits per heavy atom. The molecule has 2 aromatic heterocycles. The number of nitrogens with one attached hydrogen (secondary N) is 1. The Bertz CT molecular complexity index is 1120. The second kappa shape index (κ2) is 7.17. The monoisotopic (exact) mass is 372 g/mol. The first-order valence-corrected chi connectivity index (χ1v) is 9.65. The van der Waals surface area contributed by atoms with Crippen molar-refractivity contribution in [3.05, 3.63) is 84.1 Å². The summed E-state index contributed by atoms with van der Waals surface area (Å²) in [5.41, 5.74) is 4.75. The quantitative estimate of drug-likeness (QED) is 0.542. The molecule has 1 atom stereocenters. The molecule has 1 fully saturated rings. The summed E-state index contributed by atoms with van der Waals surface area (Å²) in [4.78, 5) is 6.85. The highest BCUT2D eigenvalue weighted by Crippen LogP contribution is 2.38.